The smallest absolute Gasteiger partial charge is 0.149 e. The second-order valence-electron chi connectivity index (χ2n) is 5.31. The lowest BCUT2D eigenvalue weighted by Crippen LogP contribution is -2.46. The van der Waals surface area contributed by atoms with Crippen LogP contribution in [0.5, 0.6) is 0 Å². The number of nitrogens with one attached hydrogen (secondary N) is 1. The quantitative estimate of drug-likeness (QED) is 0.921. The molecule has 20 heavy (non-hydrogen) atoms. The van der Waals surface area contributed by atoms with Gasteiger partial charge in [-0.1, -0.05) is 0 Å². The number of fused-ring (bicyclic) bond motifs is 1. The maximum Gasteiger partial charge on any atom is 0.149 e. The van der Waals surface area contributed by atoms with Crippen molar-refractivity contribution in [3.63, 3.8) is 0 Å². The standard InChI is InChI=1S/C14H21N5S/c1-11-9-20-13-12(11)16-10-17-14(13)18(2)7-8-19-5-3-15-4-6-19/h9-10,15H,3-8H2,1-2H3. The van der Waals surface area contributed by atoms with Crippen LogP contribution >= 0.6 is 11.3 Å². The zero-order valence-corrected chi connectivity index (χ0v) is 12.9. The van der Waals surface area contributed by atoms with Crippen molar-refractivity contribution >= 4 is 27.4 Å². The summed E-state index contributed by atoms with van der Waals surface area (Å²) in [5, 5.41) is 5.55. The Hall–Kier alpha value is -1.24. The van der Waals surface area contributed by atoms with E-state index in [4.69, 9.17) is 0 Å². The molecule has 1 fully saturated rings. The van der Waals surface area contributed by atoms with Crippen molar-refractivity contribution in [2.45, 2.75) is 6.92 Å². The Labute approximate surface area is 123 Å². The van der Waals surface area contributed by atoms with Crippen molar-refractivity contribution < 1.29 is 0 Å². The summed E-state index contributed by atoms with van der Waals surface area (Å²) in [4.78, 5) is 13.6. The van der Waals surface area contributed by atoms with Gasteiger partial charge in [0.25, 0.3) is 0 Å². The molecule has 0 atom stereocenters. The van der Waals surface area contributed by atoms with Crippen LogP contribution in [0.15, 0.2) is 11.7 Å². The summed E-state index contributed by atoms with van der Waals surface area (Å²) in [6.07, 6.45) is 1.68. The molecule has 0 aliphatic carbocycles. The van der Waals surface area contributed by atoms with E-state index in [1.165, 1.54) is 10.3 Å². The van der Waals surface area contributed by atoms with Gasteiger partial charge in [0.1, 0.15) is 12.1 Å². The third kappa shape index (κ3) is 2.77. The number of piperazine rings is 1. The van der Waals surface area contributed by atoms with E-state index in [2.05, 4.69) is 44.4 Å². The van der Waals surface area contributed by atoms with Crippen molar-refractivity contribution in [2.24, 2.45) is 0 Å². The Morgan fingerprint density at radius 2 is 2.15 bits per heavy atom. The number of aryl methyl sites for hydroxylation is 1. The fourth-order valence-electron chi connectivity index (χ4n) is 2.56. The van der Waals surface area contributed by atoms with Crippen LogP contribution < -0.4 is 10.2 Å². The average molecular weight is 291 g/mol. The highest BCUT2D eigenvalue weighted by atomic mass is 32.1. The molecule has 1 aliphatic rings. The fraction of sp³-hybridized carbons (Fsp3) is 0.571. The summed E-state index contributed by atoms with van der Waals surface area (Å²) in [5.41, 5.74) is 2.33. The van der Waals surface area contributed by atoms with Crippen LogP contribution in [0.25, 0.3) is 10.2 Å². The van der Waals surface area contributed by atoms with Crippen LogP contribution in [0.4, 0.5) is 5.82 Å². The molecule has 1 aliphatic heterocycles. The lowest BCUT2D eigenvalue weighted by atomic mass is 10.3. The minimum Gasteiger partial charge on any atom is -0.357 e. The van der Waals surface area contributed by atoms with Crippen molar-refractivity contribution in [2.75, 3.05) is 51.2 Å². The zero-order chi connectivity index (χ0) is 13.9. The first-order valence-corrected chi connectivity index (χ1v) is 7.96. The van der Waals surface area contributed by atoms with Gasteiger partial charge in [-0.2, -0.15) is 0 Å². The van der Waals surface area contributed by atoms with E-state index in [0.29, 0.717) is 0 Å². The van der Waals surface area contributed by atoms with Gasteiger partial charge in [0.2, 0.25) is 0 Å². The van der Waals surface area contributed by atoms with Gasteiger partial charge in [-0.05, 0) is 17.9 Å². The molecule has 0 bridgehead atoms. The first-order valence-electron chi connectivity index (χ1n) is 7.08. The molecule has 2 aromatic heterocycles. The second kappa shape index (κ2) is 6.03. The molecule has 6 heteroatoms. The van der Waals surface area contributed by atoms with Gasteiger partial charge < -0.3 is 10.2 Å². The van der Waals surface area contributed by atoms with Crippen LogP contribution in [-0.4, -0.2) is 61.2 Å². The maximum absolute atomic E-state index is 4.48. The summed E-state index contributed by atoms with van der Waals surface area (Å²) in [6.45, 7) is 8.70. The summed E-state index contributed by atoms with van der Waals surface area (Å²) in [7, 11) is 2.12. The summed E-state index contributed by atoms with van der Waals surface area (Å²) in [6, 6.07) is 0. The number of anilines is 1. The molecule has 0 radical (unpaired) electrons. The number of nitrogens with zero attached hydrogens (tertiary/aromatic N) is 4. The lowest BCUT2D eigenvalue weighted by molar-refractivity contribution is 0.246. The number of hydrogen-bond donors (Lipinski definition) is 1. The molecule has 1 saturated heterocycles. The summed E-state index contributed by atoms with van der Waals surface area (Å²) in [5.74, 6) is 1.06. The predicted octanol–water partition coefficient (Wildman–Crippen LogP) is 1.34. The highest BCUT2D eigenvalue weighted by Crippen LogP contribution is 2.30. The first-order chi connectivity index (χ1) is 9.75. The minimum absolute atomic E-state index is 1.00. The van der Waals surface area contributed by atoms with Crippen LogP contribution in [0.1, 0.15) is 5.56 Å². The third-order valence-electron chi connectivity index (χ3n) is 3.83. The molecule has 0 amide bonds. The summed E-state index contributed by atoms with van der Waals surface area (Å²) >= 11 is 1.74. The van der Waals surface area contributed by atoms with Gasteiger partial charge in [-0.3, -0.25) is 4.90 Å². The van der Waals surface area contributed by atoms with Gasteiger partial charge in [0, 0.05) is 46.3 Å². The molecule has 2 aromatic rings. The topological polar surface area (TPSA) is 44.3 Å². The van der Waals surface area contributed by atoms with Gasteiger partial charge in [0.15, 0.2) is 0 Å². The molecular weight excluding hydrogens is 270 g/mol. The predicted molar refractivity (Wildman–Crippen MR) is 84.7 cm³/mol. The number of thiophene rings is 1. The Morgan fingerprint density at radius 1 is 1.35 bits per heavy atom. The normalized spacial score (nSPS) is 16.7. The Morgan fingerprint density at radius 3 is 2.95 bits per heavy atom. The van der Waals surface area contributed by atoms with E-state index >= 15 is 0 Å². The van der Waals surface area contributed by atoms with E-state index in [1.54, 1.807) is 17.7 Å². The molecule has 3 rings (SSSR count). The average Bonchev–Trinajstić information content (AvgIpc) is 2.87. The SMILES string of the molecule is Cc1csc2c(N(C)CCN3CCNCC3)ncnc12. The zero-order valence-electron chi connectivity index (χ0n) is 12.1. The number of rotatable bonds is 4. The van der Waals surface area contributed by atoms with Crippen molar-refractivity contribution in [1.82, 2.24) is 20.2 Å². The minimum atomic E-state index is 1.00. The molecule has 0 aromatic carbocycles. The first kappa shape index (κ1) is 13.7. The van der Waals surface area contributed by atoms with E-state index in [0.717, 1.165) is 50.6 Å². The Balaban J connectivity index is 1.70. The Bertz CT molecular complexity index is 576. The van der Waals surface area contributed by atoms with Gasteiger partial charge >= 0.3 is 0 Å². The monoisotopic (exact) mass is 291 g/mol. The maximum atomic E-state index is 4.48. The highest BCUT2D eigenvalue weighted by Gasteiger charge is 2.14. The van der Waals surface area contributed by atoms with Crippen LogP contribution in [-0.2, 0) is 0 Å². The molecule has 0 unspecified atom stereocenters. The van der Waals surface area contributed by atoms with Crippen LogP contribution in [0, 0.1) is 6.92 Å². The number of hydrogen-bond acceptors (Lipinski definition) is 6. The van der Waals surface area contributed by atoms with E-state index < -0.39 is 0 Å². The largest absolute Gasteiger partial charge is 0.357 e. The van der Waals surface area contributed by atoms with E-state index in [-0.39, 0.29) is 0 Å². The second-order valence-corrected chi connectivity index (χ2v) is 6.19. The fourth-order valence-corrected chi connectivity index (χ4v) is 3.61. The van der Waals surface area contributed by atoms with E-state index in [9.17, 15) is 0 Å². The molecule has 3 heterocycles. The van der Waals surface area contributed by atoms with E-state index in [1.807, 2.05) is 0 Å². The lowest BCUT2D eigenvalue weighted by Gasteiger charge is -2.29. The molecule has 0 saturated carbocycles. The van der Waals surface area contributed by atoms with Crippen molar-refractivity contribution in [3.05, 3.63) is 17.3 Å². The molecular formula is C14H21N5S. The molecule has 5 nitrogen and oxygen atoms in total. The van der Waals surface area contributed by atoms with Gasteiger partial charge in [-0.15, -0.1) is 11.3 Å². The summed E-state index contributed by atoms with van der Waals surface area (Å²) < 4.78 is 1.20. The molecule has 0 spiro atoms. The molecule has 1 N–H and O–H groups in total. The van der Waals surface area contributed by atoms with Crippen molar-refractivity contribution in [1.29, 1.82) is 0 Å². The van der Waals surface area contributed by atoms with Crippen LogP contribution in [0.3, 0.4) is 0 Å². The van der Waals surface area contributed by atoms with Crippen LogP contribution in [0.2, 0.25) is 0 Å². The Kier molecular flexibility index (Phi) is 4.14. The van der Waals surface area contributed by atoms with Gasteiger partial charge in [-0.25, -0.2) is 9.97 Å². The number of aromatic nitrogens is 2. The highest BCUT2D eigenvalue weighted by molar-refractivity contribution is 7.18. The van der Waals surface area contributed by atoms with Crippen molar-refractivity contribution in [3.8, 4) is 0 Å². The number of likely N-dealkylation sites (N-methyl/N-ethyl adjacent to an activating group) is 1. The third-order valence-corrected chi connectivity index (χ3v) is 4.92. The molecule has 108 valence electrons. The van der Waals surface area contributed by atoms with Gasteiger partial charge in [0.05, 0.1) is 10.2 Å².